The predicted molar refractivity (Wildman–Crippen MR) is 74.0 cm³/mol. The van der Waals surface area contributed by atoms with E-state index >= 15 is 0 Å². The Kier molecular flexibility index (Phi) is 3.97. The topological polar surface area (TPSA) is 22.0 Å². The van der Waals surface area contributed by atoms with Gasteiger partial charge in [0.25, 0.3) is 0 Å². The van der Waals surface area contributed by atoms with Gasteiger partial charge in [-0.3, -0.25) is 4.79 Å². The standard InChI is InChI=1S/C14H21NOS/c1-10-9-12-13(5-4-6-14(12)16)15(10)8-7-11(2)17-3/h9,11H,4-8H2,1-3H3. The maximum absolute atomic E-state index is 11.8. The van der Waals surface area contributed by atoms with Gasteiger partial charge < -0.3 is 4.57 Å². The molecule has 0 bridgehead atoms. The minimum atomic E-state index is 0.339. The Labute approximate surface area is 108 Å². The van der Waals surface area contributed by atoms with Crippen LogP contribution in [0.2, 0.25) is 0 Å². The van der Waals surface area contributed by atoms with E-state index in [9.17, 15) is 4.79 Å². The van der Waals surface area contributed by atoms with E-state index in [1.54, 1.807) is 0 Å². The van der Waals surface area contributed by atoms with Gasteiger partial charge in [-0.2, -0.15) is 11.8 Å². The summed E-state index contributed by atoms with van der Waals surface area (Å²) in [6, 6.07) is 2.08. The molecule has 1 unspecified atom stereocenters. The number of rotatable bonds is 4. The fourth-order valence-electron chi connectivity index (χ4n) is 2.53. The molecular formula is C14H21NOS. The van der Waals surface area contributed by atoms with Gasteiger partial charge in [-0.1, -0.05) is 6.92 Å². The van der Waals surface area contributed by atoms with Crippen LogP contribution >= 0.6 is 11.8 Å². The first-order valence-electron chi connectivity index (χ1n) is 6.38. The van der Waals surface area contributed by atoms with Crippen molar-refractivity contribution >= 4 is 17.5 Å². The quantitative estimate of drug-likeness (QED) is 0.817. The van der Waals surface area contributed by atoms with Gasteiger partial charge in [0, 0.05) is 35.2 Å². The third-order valence-corrected chi connectivity index (χ3v) is 4.74. The molecule has 2 rings (SSSR count). The third kappa shape index (κ3) is 2.59. The molecule has 1 atom stereocenters. The van der Waals surface area contributed by atoms with Crippen LogP contribution < -0.4 is 0 Å². The number of hydrogen-bond donors (Lipinski definition) is 0. The van der Waals surface area contributed by atoms with Crippen LogP contribution in [0.3, 0.4) is 0 Å². The molecule has 1 aliphatic carbocycles. The van der Waals surface area contributed by atoms with E-state index in [2.05, 4.69) is 30.7 Å². The van der Waals surface area contributed by atoms with E-state index in [0.29, 0.717) is 11.0 Å². The summed E-state index contributed by atoms with van der Waals surface area (Å²) in [6.45, 7) is 5.44. The summed E-state index contributed by atoms with van der Waals surface area (Å²) >= 11 is 1.91. The first kappa shape index (κ1) is 12.7. The third-order valence-electron chi connectivity index (χ3n) is 3.70. The number of hydrogen-bond acceptors (Lipinski definition) is 2. The van der Waals surface area contributed by atoms with Gasteiger partial charge in [-0.05, 0) is 38.5 Å². The first-order valence-corrected chi connectivity index (χ1v) is 7.67. The normalized spacial score (nSPS) is 17.0. The average molecular weight is 251 g/mol. The van der Waals surface area contributed by atoms with Gasteiger partial charge in [0.1, 0.15) is 0 Å². The van der Waals surface area contributed by atoms with E-state index in [1.165, 1.54) is 17.8 Å². The molecule has 0 saturated carbocycles. The zero-order valence-electron chi connectivity index (χ0n) is 11.0. The summed E-state index contributed by atoms with van der Waals surface area (Å²) < 4.78 is 2.36. The van der Waals surface area contributed by atoms with Gasteiger partial charge in [-0.25, -0.2) is 0 Å². The molecule has 0 spiro atoms. The van der Waals surface area contributed by atoms with E-state index in [4.69, 9.17) is 0 Å². The lowest BCUT2D eigenvalue weighted by Gasteiger charge is -2.17. The molecule has 2 nitrogen and oxygen atoms in total. The van der Waals surface area contributed by atoms with E-state index < -0.39 is 0 Å². The molecule has 0 aromatic carbocycles. The number of nitrogens with zero attached hydrogens (tertiary/aromatic N) is 1. The van der Waals surface area contributed by atoms with Crippen molar-refractivity contribution in [3.05, 3.63) is 23.0 Å². The lowest BCUT2D eigenvalue weighted by molar-refractivity contribution is 0.0971. The number of Topliss-reactive ketones (excluding diaryl/α,β-unsaturated/α-hetero) is 1. The molecule has 0 aliphatic heterocycles. The SMILES string of the molecule is CSC(C)CCn1c(C)cc2c1CCCC2=O. The maximum atomic E-state index is 11.8. The minimum absolute atomic E-state index is 0.339. The molecule has 0 N–H and O–H groups in total. The molecule has 17 heavy (non-hydrogen) atoms. The summed E-state index contributed by atoms with van der Waals surface area (Å²) in [5.74, 6) is 0.339. The molecule has 0 fully saturated rings. The Morgan fingerprint density at radius 2 is 2.24 bits per heavy atom. The molecule has 1 aromatic rings. The predicted octanol–water partition coefficient (Wildman–Crippen LogP) is 3.46. The zero-order valence-corrected chi connectivity index (χ0v) is 11.8. The second kappa shape index (κ2) is 5.30. The fraction of sp³-hybridized carbons (Fsp3) is 0.643. The van der Waals surface area contributed by atoms with Crippen molar-refractivity contribution in [3.63, 3.8) is 0 Å². The Morgan fingerprint density at radius 1 is 1.47 bits per heavy atom. The number of fused-ring (bicyclic) bond motifs is 1. The average Bonchev–Trinajstić information content (AvgIpc) is 2.64. The Balaban J connectivity index is 2.19. The highest BCUT2D eigenvalue weighted by Crippen LogP contribution is 2.25. The van der Waals surface area contributed by atoms with Crippen molar-refractivity contribution in [1.29, 1.82) is 0 Å². The molecule has 1 aromatic heterocycles. The Bertz CT molecular complexity index is 422. The lowest BCUT2D eigenvalue weighted by atomic mass is 9.96. The molecule has 94 valence electrons. The second-order valence-corrected chi connectivity index (χ2v) is 6.19. The van der Waals surface area contributed by atoms with Crippen LogP contribution in [0.1, 0.15) is 47.9 Å². The number of carbonyl (C=O) groups is 1. The molecule has 3 heteroatoms. The summed E-state index contributed by atoms with van der Waals surface area (Å²) in [5, 5.41) is 0.687. The summed E-state index contributed by atoms with van der Waals surface area (Å²) in [5.41, 5.74) is 3.52. The molecule has 1 heterocycles. The van der Waals surface area contributed by atoms with Gasteiger partial charge in [0.15, 0.2) is 5.78 Å². The van der Waals surface area contributed by atoms with Crippen molar-refractivity contribution in [2.24, 2.45) is 0 Å². The van der Waals surface area contributed by atoms with E-state index in [0.717, 1.165) is 31.4 Å². The van der Waals surface area contributed by atoms with Crippen LogP contribution in [0, 0.1) is 6.92 Å². The number of aryl methyl sites for hydroxylation is 1. The Morgan fingerprint density at radius 3 is 2.94 bits per heavy atom. The van der Waals surface area contributed by atoms with Gasteiger partial charge in [-0.15, -0.1) is 0 Å². The number of ketones is 1. The van der Waals surface area contributed by atoms with Crippen LogP contribution in [-0.2, 0) is 13.0 Å². The summed E-state index contributed by atoms with van der Waals surface area (Å²) in [7, 11) is 0. The highest BCUT2D eigenvalue weighted by Gasteiger charge is 2.22. The van der Waals surface area contributed by atoms with E-state index in [1.807, 2.05) is 11.8 Å². The smallest absolute Gasteiger partial charge is 0.164 e. The number of carbonyl (C=O) groups excluding carboxylic acids is 1. The van der Waals surface area contributed by atoms with Crippen molar-refractivity contribution in [3.8, 4) is 0 Å². The van der Waals surface area contributed by atoms with Crippen LogP contribution in [0.15, 0.2) is 6.07 Å². The zero-order chi connectivity index (χ0) is 12.4. The van der Waals surface area contributed by atoms with Crippen LogP contribution in [0.25, 0.3) is 0 Å². The largest absolute Gasteiger partial charge is 0.348 e. The van der Waals surface area contributed by atoms with Crippen molar-refractivity contribution in [2.45, 2.75) is 51.3 Å². The van der Waals surface area contributed by atoms with Gasteiger partial charge in [0.2, 0.25) is 0 Å². The number of thioether (sulfide) groups is 1. The molecule has 1 aliphatic rings. The highest BCUT2D eigenvalue weighted by atomic mass is 32.2. The molecule has 0 radical (unpaired) electrons. The van der Waals surface area contributed by atoms with Gasteiger partial charge in [0.05, 0.1) is 0 Å². The summed E-state index contributed by atoms with van der Waals surface area (Å²) in [6.07, 6.45) is 6.16. The van der Waals surface area contributed by atoms with Crippen molar-refractivity contribution < 1.29 is 4.79 Å². The fourth-order valence-corrected chi connectivity index (χ4v) is 2.87. The van der Waals surface area contributed by atoms with Crippen molar-refractivity contribution in [1.82, 2.24) is 4.57 Å². The minimum Gasteiger partial charge on any atom is -0.348 e. The lowest BCUT2D eigenvalue weighted by Crippen LogP contribution is -2.15. The van der Waals surface area contributed by atoms with Crippen LogP contribution in [0.4, 0.5) is 0 Å². The molecule has 0 saturated heterocycles. The highest BCUT2D eigenvalue weighted by molar-refractivity contribution is 7.99. The van der Waals surface area contributed by atoms with Crippen molar-refractivity contribution in [2.75, 3.05) is 6.26 Å². The Hall–Kier alpha value is -0.700. The molecule has 0 amide bonds. The summed E-state index contributed by atoms with van der Waals surface area (Å²) in [4.78, 5) is 11.8. The first-order chi connectivity index (χ1) is 8.13. The maximum Gasteiger partial charge on any atom is 0.164 e. The second-order valence-electron chi connectivity index (χ2n) is 4.91. The van der Waals surface area contributed by atoms with Gasteiger partial charge >= 0.3 is 0 Å². The van der Waals surface area contributed by atoms with Crippen LogP contribution in [-0.4, -0.2) is 21.9 Å². The van der Waals surface area contributed by atoms with Crippen LogP contribution in [0.5, 0.6) is 0 Å². The number of aromatic nitrogens is 1. The van der Waals surface area contributed by atoms with E-state index in [-0.39, 0.29) is 0 Å². The monoisotopic (exact) mass is 251 g/mol. The molecular weight excluding hydrogens is 230 g/mol.